The monoisotopic (exact) mass is 206 g/mol. The lowest BCUT2D eigenvalue weighted by Gasteiger charge is -2.17. The molecule has 0 atom stereocenters. The highest BCUT2D eigenvalue weighted by molar-refractivity contribution is 5.83. The first kappa shape index (κ1) is 10.0. The van der Waals surface area contributed by atoms with Crippen LogP contribution in [-0.4, -0.2) is 20.0 Å². The molecular formula is C12H14O3. The van der Waals surface area contributed by atoms with Gasteiger partial charge in [-0.1, -0.05) is 0 Å². The van der Waals surface area contributed by atoms with Crippen LogP contribution in [0.15, 0.2) is 12.1 Å². The van der Waals surface area contributed by atoms with Crippen LogP contribution in [0, 0.1) is 0 Å². The number of ketones is 1. The number of aryl methyl sites for hydroxylation is 1. The number of hydrogen-bond acceptors (Lipinski definition) is 3. The summed E-state index contributed by atoms with van der Waals surface area (Å²) in [6.07, 6.45) is 1.98. The third-order valence-corrected chi connectivity index (χ3v) is 2.77. The summed E-state index contributed by atoms with van der Waals surface area (Å²) in [5.41, 5.74) is 2.27. The van der Waals surface area contributed by atoms with Gasteiger partial charge in [-0.15, -0.1) is 0 Å². The molecule has 0 saturated heterocycles. The molecule has 3 heteroatoms. The molecule has 80 valence electrons. The summed E-state index contributed by atoms with van der Waals surface area (Å²) in [6, 6.07) is 3.88. The average molecular weight is 206 g/mol. The number of benzene rings is 1. The fraction of sp³-hybridized carbons (Fsp3) is 0.417. The third kappa shape index (κ3) is 1.82. The Balaban J connectivity index is 2.45. The summed E-state index contributed by atoms with van der Waals surface area (Å²) in [7, 11) is 3.23. The van der Waals surface area contributed by atoms with Crippen molar-refractivity contribution in [3.8, 4) is 11.5 Å². The molecule has 0 amide bonds. The summed E-state index contributed by atoms with van der Waals surface area (Å²) in [5.74, 6) is 1.74. The van der Waals surface area contributed by atoms with Gasteiger partial charge < -0.3 is 9.47 Å². The molecule has 0 bridgehead atoms. The second kappa shape index (κ2) is 3.93. The number of hydrogen-bond donors (Lipinski definition) is 0. The predicted molar refractivity (Wildman–Crippen MR) is 56.6 cm³/mol. The molecule has 2 rings (SSSR count). The minimum absolute atomic E-state index is 0.301. The van der Waals surface area contributed by atoms with Crippen LogP contribution in [0.5, 0.6) is 11.5 Å². The van der Waals surface area contributed by atoms with Crippen molar-refractivity contribution in [3.05, 3.63) is 23.3 Å². The van der Waals surface area contributed by atoms with Gasteiger partial charge in [-0.25, -0.2) is 0 Å². The van der Waals surface area contributed by atoms with E-state index in [1.165, 1.54) is 5.56 Å². The minimum Gasteiger partial charge on any atom is -0.493 e. The Morgan fingerprint density at radius 1 is 1.00 bits per heavy atom. The molecule has 0 N–H and O–H groups in total. The summed E-state index contributed by atoms with van der Waals surface area (Å²) in [5, 5.41) is 0. The zero-order valence-electron chi connectivity index (χ0n) is 9.00. The summed E-state index contributed by atoms with van der Waals surface area (Å²) in [6.45, 7) is 0. The highest BCUT2D eigenvalue weighted by Gasteiger charge is 2.18. The quantitative estimate of drug-likeness (QED) is 0.739. The van der Waals surface area contributed by atoms with Crippen molar-refractivity contribution in [2.75, 3.05) is 14.2 Å². The van der Waals surface area contributed by atoms with Crippen molar-refractivity contribution in [2.24, 2.45) is 0 Å². The number of ether oxygens (including phenoxy) is 2. The van der Waals surface area contributed by atoms with Gasteiger partial charge in [-0.2, -0.15) is 0 Å². The van der Waals surface area contributed by atoms with E-state index in [1.54, 1.807) is 14.2 Å². The van der Waals surface area contributed by atoms with Gasteiger partial charge in [0.15, 0.2) is 11.5 Å². The Hall–Kier alpha value is -1.51. The van der Waals surface area contributed by atoms with Crippen LogP contribution >= 0.6 is 0 Å². The van der Waals surface area contributed by atoms with Gasteiger partial charge in [-0.3, -0.25) is 4.79 Å². The Labute approximate surface area is 89.0 Å². The van der Waals surface area contributed by atoms with Gasteiger partial charge >= 0.3 is 0 Å². The fourth-order valence-electron chi connectivity index (χ4n) is 1.94. The third-order valence-electron chi connectivity index (χ3n) is 2.77. The molecule has 0 spiro atoms. The SMILES string of the molecule is COc1cc2c(cc1OC)CC(=O)CC2. The molecule has 1 aliphatic rings. The fourth-order valence-corrected chi connectivity index (χ4v) is 1.94. The molecule has 15 heavy (non-hydrogen) atoms. The van der Waals surface area contributed by atoms with Gasteiger partial charge in [-0.05, 0) is 29.7 Å². The zero-order valence-corrected chi connectivity index (χ0v) is 9.00. The summed E-state index contributed by atoms with van der Waals surface area (Å²) in [4.78, 5) is 11.3. The van der Waals surface area contributed by atoms with Crippen molar-refractivity contribution in [2.45, 2.75) is 19.3 Å². The van der Waals surface area contributed by atoms with Crippen LogP contribution in [0.1, 0.15) is 17.5 Å². The molecule has 0 aliphatic heterocycles. The normalized spacial score (nSPS) is 14.7. The molecule has 0 heterocycles. The number of carbonyl (C=O) groups excluding carboxylic acids is 1. The van der Waals surface area contributed by atoms with E-state index in [-0.39, 0.29) is 0 Å². The van der Waals surface area contributed by atoms with Crippen LogP contribution in [0.3, 0.4) is 0 Å². The van der Waals surface area contributed by atoms with Gasteiger partial charge in [0.1, 0.15) is 5.78 Å². The number of fused-ring (bicyclic) bond motifs is 1. The van der Waals surface area contributed by atoms with Gasteiger partial charge in [0, 0.05) is 12.8 Å². The van der Waals surface area contributed by atoms with Crippen molar-refractivity contribution in [3.63, 3.8) is 0 Å². The Bertz CT molecular complexity index is 396. The van der Waals surface area contributed by atoms with E-state index >= 15 is 0 Å². The Morgan fingerprint density at radius 2 is 1.60 bits per heavy atom. The largest absolute Gasteiger partial charge is 0.493 e. The van der Waals surface area contributed by atoms with E-state index in [9.17, 15) is 4.79 Å². The molecule has 1 aromatic carbocycles. The molecular weight excluding hydrogens is 192 g/mol. The molecule has 1 aromatic rings. The number of Topliss-reactive ketones (excluding diaryl/α,β-unsaturated/α-hetero) is 1. The first-order valence-electron chi connectivity index (χ1n) is 5.00. The molecule has 0 unspecified atom stereocenters. The molecule has 0 aromatic heterocycles. The Kier molecular flexibility index (Phi) is 2.62. The van der Waals surface area contributed by atoms with Crippen molar-refractivity contribution in [1.29, 1.82) is 0 Å². The first-order chi connectivity index (χ1) is 7.24. The van der Waals surface area contributed by atoms with Gasteiger partial charge in [0.2, 0.25) is 0 Å². The maximum Gasteiger partial charge on any atom is 0.161 e. The summed E-state index contributed by atoms with van der Waals surface area (Å²) < 4.78 is 10.4. The standard InChI is InChI=1S/C12H14O3/c1-14-11-6-8-3-4-10(13)5-9(8)7-12(11)15-2/h6-7H,3-5H2,1-2H3. The maximum atomic E-state index is 11.3. The van der Waals surface area contributed by atoms with Crippen LogP contribution in [0.2, 0.25) is 0 Å². The average Bonchev–Trinajstić information content (AvgIpc) is 2.27. The van der Waals surface area contributed by atoms with Crippen LogP contribution in [0.25, 0.3) is 0 Å². The molecule has 0 fully saturated rings. The number of carbonyl (C=O) groups is 1. The van der Waals surface area contributed by atoms with Crippen molar-refractivity contribution >= 4 is 5.78 Å². The number of rotatable bonds is 2. The van der Waals surface area contributed by atoms with Crippen LogP contribution in [-0.2, 0) is 17.6 Å². The van der Waals surface area contributed by atoms with E-state index in [1.807, 2.05) is 12.1 Å². The van der Waals surface area contributed by atoms with Crippen LogP contribution < -0.4 is 9.47 Å². The predicted octanol–water partition coefficient (Wildman–Crippen LogP) is 1.76. The van der Waals surface area contributed by atoms with Gasteiger partial charge in [0.25, 0.3) is 0 Å². The highest BCUT2D eigenvalue weighted by atomic mass is 16.5. The van der Waals surface area contributed by atoms with E-state index < -0.39 is 0 Å². The van der Waals surface area contributed by atoms with E-state index in [0.717, 1.165) is 17.7 Å². The summed E-state index contributed by atoms with van der Waals surface area (Å²) >= 11 is 0. The zero-order chi connectivity index (χ0) is 10.8. The highest BCUT2D eigenvalue weighted by Crippen LogP contribution is 2.33. The lowest BCUT2D eigenvalue weighted by Crippen LogP contribution is -2.13. The lowest BCUT2D eigenvalue weighted by molar-refractivity contribution is -0.118. The van der Waals surface area contributed by atoms with Crippen molar-refractivity contribution in [1.82, 2.24) is 0 Å². The second-order valence-corrected chi connectivity index (χ2v) is 3.69. The maximum absolute atomic E-state index is 11.3. The molecule has 1 aliphatic carbocycles. The van der Waals surface area contributed by atoms with E-state index in [4.69, 9.17) is 9.47 Å². The Morgan fingerprint density at radius 3 is 2.20 bits per heavy atom. The molecule has 3 nitrogen and oxygen atoms in total. The topological polar surface area (TPSA) is 35.5 Å². The minimum atomic E-state index is 0.301. The first-order valence-corrected chi connectivity index (χ1v) is 5.00. The smallest absolute Gasteiger partial charge is 0.161 e. The molecule has 0 radical (unpaired) electrons. The second-order valence-electron chi connectivity index (χ2n) is 3.69. The van der Waals surface area contributed by atoms with E-state index in [0.29, 0.717) is 24.4 Å². The van der Waals surface area contributed by atoms with E-state index in [2.05, 4.69) is 0 Å². The van der Waals surface area contributed by atoms with Crippen molar-refractivity contribution < 1.29 is 14.3 Å². The van der Waals surface area contributed by atoms with Crippen LogP contribution in [0.4, 0.5) is 0 Å². The van der Waals surface area contributed by atoms with Gasteiger partial charge in [0.05, 0.1) is 14.2 Å². The lowest BCUT2D eigenvalue weighted by atomic mass is 9.90. The molecule has 0 saturated carbocycles. The number of methoxy groups -OCH3 is 2.